The van der Waals surface area contributed by atoms with Crippen molar-refractivity contribution in [3.05, 3.63) is 71.3 Å². The smallest absolute Gasteiger partial charge is 0.261 e. The van der Waals surface area contributed by atoms with Crippen LogP contribution < -0.4 is 14.8 Å². The summed E-state index contributed by atoms with van der Waals surface area (Å²) >= 11 is 0. The van der Waals surface area contributed by atoms with Gasteiger partial charge in [0, 0.05) is 29.5 Å². The molecule has 4 rings (SSSR count). The molecule has 0 aromatic heterocycles. The van der Waals surface area contributed by atoms with Crippen LogP contribution in [-0.4, -0.2) is 42.4 Å². The summed E-state index contributed by atoms with van der Waals surface area (Å²) in [6.45, 7) is 6.95. The summed E-state index contributed by atoms with van der Waals surface area (Å²) in [6.07, 6.45) is 0.574. The van der Waals surface area contributed by atoms with Crippen molar-refractivity contribution in [1.29, 1.82) is 0 Å². The van der Waals surface area contributed by atoms with Crippen LogP contribution in [0.2, 0.25) is 0 Å². The first-order chi connectivity index (χ1) is 16.9. The number of nitrogens with one attached hydrogen (secondary N) is 1. The molecule has 35 heavy (non-hydrogen) atoms. The van der Waals surface area contributed by atoms with E-state index in [-0.39, 0.29) is 36.7 Å². The Hall–Kier alpha value is -3.87. The molecule has 7 nitrogen and oxygen atoms in total. The van der Waals surface area contributed by atoms with Crippen LogP contribution in [0, 0.1) is 0 Å². The molecular weight excluding hydrogens is 444 g/mol. The zero-order valence-corrected chi connectivity index (χ0v) is 20.3. The number of ether oxygens (including phenoxy) is 2. The quantitative estimate of drug-likeness (QED) is 0.423. The molecule has 3 amide bonds. The lowest BCUT2D eigenvalue weighted by molar-refractivity contribution is -0.121. The number of benzene rings is 3. The number of rotatable bonds is 10. The fourth-order valence-corrected chi connectivity index (χ4v) is 4.42. The second kappa shape index (κ2) is 10.6. The maximum Gasteiger partial charge on any atom is 0.261 e. The van der Waals surface area contributed by atoms with Crippen LogP contribution in [-0.2, 0) is 4.79 Å². The molecular formula is C28H30N2O5. The monoisotopic (exact) mass is 474 g/mol. The van der Waals surface area contributed by atoms with Crippen molar-refractivity contribution in [1.82, 2.24) is 10.2 Å². The van der Waals surface area contributed by atoms with E-state index >= 15 is 0 Å². The molecule has 7 heteroatoms. The normalized spacial score (nSPS) is 13.6. The minimum absolute atomic E-state index is 0.149. The first-order valence-electron chi connectivity index (χ1n) is 12.0. The lowest BCUT2D eigenvalue weighted by atomic mass is 9.94. The van der Waals surface area contributed by atoms with Gasteiger partial charge in [0.2, 0.25) is 5.91 Å². The van der Waals surface area contributed by atoms with Gasteiger partial charge in [0.05, 0.1) is 19.3 Å². The van der Waals surface area contributed by atoms with Gasteiger partial charge >= 0.3 is 0 Å². The fraction of sp³-hybridized carbons (Fsp3) is 0.321. The molecule has 0 spiro atoms. The molecule has 0 fully saturated rings. The molecule has 1 aliphatic heterocycles. The van der Waals surface area contributed by atoms with Gasteiger partial charge in [0.25, 0.3) is 11.8 Å². The average Bonchev–Trinajstić information content (AvgIpc) is 2.85. The van der Waals surface area contributed by atoms with Crippen molar-refractivity contribution in [3.63, 3.8) is 0 Å². The van der Waals surface area contributed by atoms with Crippen LogP contribution in [0.4, 0.5) is 0 Å². The van der Waals surface area contributed by atoms with Crippen LogP contribution >= 0.6 is 0 Å². The first kappa shape index (κ1) is 24.3. The Labute approximate surface area is 205 Å². The predicted octanol–water partition coefficient (Wildman–Crippen LogP) is 4.89. The zero-order valence-electron chi connectivity index (χ0n) is 20.3. The predicted molar refractivity (Wildman–Crippen MR) is 134 cm³/mol. The lowest BCUT2D eigenvalue weighted by Crippen LogP contribution is -2.41. The van der Waals surface area contributed by atoms with Crippen LogP contribution in [0.15, 0.2) is 54.6 Å². The highest BCUT2D eigenvalue weighted by Gasteiger charge is 2.32. The van der Waals surface area contributed by atoms with Gasteiger partial charge in [-0.25, -0.2) is 0 Å². The summed E-state index contributed by atoms with van der Waals surface area (Å²) in [5.41, 5.74) is 1.95. The summed E-state index contributed by atoms with van der Waals surface area (Å²) in [5.74, 6) is 0.538. The van der Waals surface area contributed by atoms with Crippen LogP contribution in [0.25, 0.3) is 10.8 Å². The van der Waals surface area contributed by atoms with E-state index in [2.05, 4.69) is 5.32 Å². The van der Waals surface area contributed by atoms with Gasteiger partial charge in [-0.3, -0.25) is 19.3 Å². The van der Waals surface area contributed by atoms with E-state index in [1.807, 2.05) is 63.2 Å². The molecule has 1 atom stereocenters. The molecule has 3 aromatic rings. The van der Waals surface area contributed by atoms with Crippen molar-refractivity contribution < 1.29 is 23.9 Å². The topological polar surface area (TPSA) is 84.9 Å². The second-order valence-corrected chi connectivity index (χ2v) is 8.44. The third kappa shape index (κ3) is 4.99. The highest BCUT2D eigenvalue weighted by atomic mass is 16.5. The van der Waals surface area contributed by atoms with Crippen LogP contribution in [0.1, 0.15) is 65.9 Å². The Morgan fingerprint density at radius 3 is 2.17 bits per heavy atom. The van der Waals surface area contributed by atoms with Crippen molar-refractivity contribution >= 4 is 28.5 Å². The summed E-state index contributed by atoms with van der Waals surface area (Å²) in [6, 6.07) is 16.3. The zero-order chi connectivity index (χ0) is 24.9. The van der Waals surface area contributed by atoms with E-state index in [1.165, 1.54) is 4.90 Å². The molecule has 0 unspecified atom stereocenters. The Morgan fingerprint density at radius 1 is 0.914 bits per heavy atom. The maximum atomic E-state index is 13.0. The SMILES string of the molecule is CCOc1ccc([C@H](C)NC(=O)CCCN2C(=O)c3cccc4cccc(c34)C2=O)cc1OCC. The van der Waals surface area contributed by atoms with Crippen molar-refractivity contribution in [2.24, 2.45) is 0 Å². The molecule has 0 aliphatic carbocycles. The van der Waals surface area contributed by atoms with Gasteiger partial charge in [-0.1, -0.05) is 30.3 Å². The van der Waals surface area contributed by atoms with E-state index < -0.39 is 0 Å². The molecule has 0 saturated heterocycles. The van der Waals surface area contributed by atoms with E-state index in [4.69, 9.17) is 9.47 Å². The number of hydrogen-bond acceptors (Lipinski definition) is 5. The van der Waals surface area contributed by atoms with Gasteiger partial charge in [-0.2, -0.15) is 0 Å². The van der Waals surface area contributed by atoms with E-state index in [1.54, 1.807) is 12.1 Å². The maximum absolute atomic E-state index is 13.0. The van der Waals surface area contributed by atoms with Crippen molar-refractivity contribution in [3.8, 4) is 11.5 Å². The molecule has 0 saturated carbocycles. The molecule has 1 aliphatic rings. The highest BCUT2D eigenvalue weighted by Crippen LogP contribution is 2.31. The molecule has 1 heterocycles. The van der Waals surface area contributed by atoms with Gasteiger partial charge in [-0.15, -0.1) is 0 Å². The van der Waals surface area contributed by atoms with Crippen LogP contribution in [0.5, 0.6) is 11.5 Å². The summed E-state index contributed by atoms with van der Waals surface area (Å²) < 4.78 is 11.3. The largest absolute Gasteiger partial charge is 0.490 e. The Balaban J connectivity index is 1.36. The molecule has 1 N–H and O–H groups in total. The molecule has 0 bridgehead atoms. The van der Waals surface area contributed by atoms with Crippen LogP contribution in [0.3, 0.4) is 0 Å². The Kier molecular flexibility index (Phi) is 7.34. The van der Waals surface area contributed by atoms with Gasteiger partial charge < -0.3 is 14.8 Å². The first-order valence-corrected chi connectivity index (χ1v) is 12.0. The molecule has 182 valence electrons. The van der Waals surface area contributed by atoms with Gasteiger partial charge in [0.15, 0.2) is 11.5 Å². The van der Waals surface area contributed by atoms with Crippen molar-refractivity contribution in [2.45, 2.75) is 39.7 Å². The third-order valence-electron chi connectivity index (χ3n) is 6.09. The summed E-state index contributed by atoms with van der Waals surface area (Å²) in [5, 5.41) is 4.56. The number of carbonyl (C=O) groups is 3. The lowest BCUT2D eigenvalue weighted by Gasteiger charge is -2.27. The van der Waals surface area contributed by atoms with Gasteiger partial charge in [0.1, 0.15) is 0 Å². The Bertz CT molecular complexity index is 1220. The standard InChI is InChI=1S/C28H30N2O5/c1-4-34-23-15-14-20(17-24(23)35-5-2)18(3)29-25(31)13-8-16-30-27(32)21-11-6-9-19-10-7-12-22(26(19)21)28(30)33/h6-7,9-12,14-15,17-18H,4-5,8,13,16H2,1-3H3,(H,29,31)/t18-/m0/s1. The second-order valence-electron chi connectivity index (χ2n) is 8.44. The molecule has 0 radical (unpaired) electrons. The van der Waals surface area contributed by atoms with E-state index in [9.17, 15) is 14.4 Å². The summed E-state index contributed by atoms with van der Waals surface area (Å²) in [7, 11) is 0. The number of hydrogen-bond donors (Lipinski definition) is 1. The van der Waals surface area contributed by atoms with E-state index in [0.29, 0.717) is 47.6 Å². The van der Waals surface area contributed by atoms with E-state index in [0.717, 1.165) is 10.9 Å². The fourth-order valence-electron chi connectivity index (χ4n) is 4.42. The molecule has 3 aromatic carbocycles. The third-order valence-corrected chi connectivity index (χ3v) is 6.09. The minimum atomic E-state index is -0.314. The summed E-state index contributed by atoms with van der Waals surface area (Å²) in [4.78, 5) is 39.8. The van der Waals surface area contributed by atoms with Crippen molar-refractivity contribution in [2.75, 3.05) is 19.8 Å². The number of nitrogens with zero attached hydrogens (tertiary/aromatic N) is 1. The highest BCUT2D eigenvalue weighted by molar-refractivity contribution is 6.25. The average molecular weight is 475 g/mol. The minimum Gasteiger partial charge on any atom is -0.490 e. The number of imide groups is 1. The number of amides is 3. The van der Waals surface area contributed by atoms with Gasteiger partial charge in [-0.05, 0) is 62.4 Å². The number of carbonyl (C=O) groups excluding carboxylic acids is 3. The Morgan fingerprint density at radius 2 is 1.54 bits per heavy atom.